The Hall–Kier alpha value is -1.36. The molecule has 0 bridgehead atoms. The van der Waals surface area contributed by atoms with Crippen LogP contribution in [0.1, 0.15) is 25.3 Å². The van der Waals surface area contributed by atoms with Crippen molar-refractivity contribution in [2.45, 2.75) is 32.4 Å². The second-order valence-corrected chi connectivity index (χ2v) is 5.61. The van der Waals surface area contributed by atoms with E-state index in [9.17, 15) is 9.59 Å². The molecule has 0 aromatic carbocycles. The Bertz CT molecular complexity index is 426. The SMILES string of the molecule is C[C@H](NC(=O)C1CC1)C(=O)N(C)Cc1ccsc1. The normalized spacial score (nSPS) is 16.1. The van der Waals surface area contributed by atoms with Crippen molar-refractivity contribution in [3.8, 4) is 0 Å². The summed E-state index contributed by atoms with van der Waals surface area (Å²) in [5.41, 5.74) is 1.12. The van der Waals surface area contributed by atoms with Crippen molar-refractivity contribution in [1.29, 1.82) is 0 Å². The summed E-state index contributed by atoms with van der Waals surface area (Å²) in [7, 11) is 1.76. The molecule has 5 heteroatoms. The molecule has 2 rings (SSSR count). The van der Waals surface area contributed by atoms with Crippen molar-refractivity contribution in [2.24, 2.45) is 5.92 Å². The highest BCUT2D eigenvalue weighted by atomic mass is 32.1. The number of hydrogen-bond acceptors (Lipinski definition) is 3. The van der Waals surface area contributed by atoms with Crippen molar-refractivity contribution in [1.82, 2.24) is 10.2 Å². The van der Waals surface area contributed by atoms with Crippen LogP contribution >= 0.6 is 11.3 Å². The van der Waals surface area contributed by atoms with Gasteiger partial charge >= 0.3 is 0 Å². The zero-order valence-corrected chi connectivity index (χ0v) is 11.5. The lowest BCUT2D eigenvalue weighted by molar-refractivity contribution is -0.135. The summed E-state index contributed by atoms with van der Waals surface area (Å²) in [4.78, 5) is 25.3. The molecule has 1 aliphatic carbocycles. The van der Waals surface area contributed by atoms with Crippen LogP contribution < -0.4 is 5.32 Å². The van der Waals surface area contributed by atoms with E-state index >= 15 is 0 Å². The maximum Gasteiger partial charge on any atom is 0.244 e. The zero-order valence-electron chi connectivity index (χ0n) is 10.7. The number of amides is 2. The standard InChI is InChI=1S/C13H18N2O2S/c1-9(14-12(16)11-3-4-11)13(17)15(2)7-10-5-6-18-8-10/h5-6,8-9,11H,3-4,7H2,1-2H3,(H,14,16)/t9-/m0/s1. The van der Waals surface area contributed by atoms with Crippen molar-refractivity contribution in [2.75, 3.05) is 7.05 Å². The van der Waals surface area contributed by atoms with E-state index in [1.807, 2.05) is 16.8 Å². The van der Waals surface area contributed by atoms with E-state index < -0.39 is 6.04 Å². The number of hydrogen-bond donors (Lipinski definition) is 1. The van der Waals surface area contributed by atoms with Crippen LogP contribution in [0, 0.1) is 5.92 Å². The molecule has 1 aliphatic rings. The monoisotopic (exact) mass is 266 g/mol. The average molecular weight is 266 g/mol. The fraction of sp³-hybridized carbons (Fsp3) is 0.538. The number of carbonyl (C=O) groups is 2. The summed E-state index contributed by atoms with van der Waals surface area (Å²) >= 11 is 1.62. The van der Waals surface area contributed by atoms with Crippen LogP contribution in [-0.4, -0.2) is 29.8 Å². The van der Waals surface area contributed by atoms with E-state index in [2.05, 4.69) is 5.32 Å². The first-order valence-electron chi connectivity index (χ1n) is 6.14. The van der Waals surface area contributed by atoms with E-state index in [0.29, 0.717) is 6.54 Å². The minimum Gasteiger partial charge on any atom is -0.344 e. The Balaban J connectivity index is 1.83. The maximum absolute atomic E-state index is 12.1. The molecule has 0 saturated heterocycles. The number of nitrogens with zero attached hydrogens (tertiary/aromatic N) is 1. The first kappa shape index (κ1) is 13.1. The van der Waals surface area contributed by atoms with E-state index in [4.69, 9.17) is 0 Å². The smallest absolute Gasteiger partial charge is 0.244 e. The first-order valence-corrected chi connectivity index (χ1v) is 7.08. The molecule has 2 amide bonds. The van der Waals surface area contributed by atoms with Crippen LogP contribution in [0.3, 0.4) is 0 Å². The van der Waals surface area contributed by atoms with Crippen LogP contribution in [0.25, 0.3) is 0 Å². The molecule has 1 aromatic heterocycles. The fourth-order valence-corrected chi connectivity index (χ4v) is 2.46. The molecule has 0 radical (unpaired) electrons. The van der Waals surface area contributed by atoms with Gasteiger partial charge in [-0.2, -0.15) is 11.3 Å². The first-order chi connectivity index (χ1) is 8.58. The molecule has 98 valence electrons. The lowest BCUT2D eigenvalue weighted by Crippen LogP contribution is -2.45. The molecule has 0 spiro atoms. The van der Waals surface area contributed by atoms with Gasteiger partial charge in [-0.1, -0.05) is 0 Å². The third-order valence-electron chi connectivity index (χ3n) is 3.05. The van der Waals surface area contributed by atoms with Gasteiger partial charge < -0.3 is 10.2 Å². The van der Waals surface area contributed by atoms with E-state index in [1.165, 1.54) is 0 Å². The third-order valence-corrected chi connectivity index (χ3v) is 3.79. The molecular weight excluding hydrogens is 248 g/mol. The molecule has 18 heavy (non-hydrogen) atoms. The third kappa shape index (κ3) is 3.32. The maximum atomic E-state index is 12.1. The lowest BCUT2D eigenvalue weighted by Gasteiger charge is -2.21. The number of nitrogens with one attached hydrogen (secondary N) is 1. The van der Waals surface area contributed by atoms with Crippen molar-refractivity contribution in [3.05, 3.63) is 22.4 Å². The molecule has 1 saturated carbocycles. The molecule has 0 unspecified atom stereocenters. The van der Waals surface area contributed by atoms with Crippen molar-refractivity contribution >= 4 is 23.2 Å². The Morgan fingerprint density at radius 2 is 2.28 bits per heavy atom. The van der Waals surface area contributed by atoms with Gasteiger partial charge in [0.2, 0.25) is 11.8 Å². The Labute approximate surface area is 111 Å². The number of likely N-dealkylation sites (N-methyl/N-ethyl adjacent to an activating group) is 1. The second-order valence-electron chi connectivity index (χ2n) is 4.83. The Morgan fingerprint density at radius 1 is 1.56 bits per heavy atom. The van der Waals surface area contributed by atoms with Gasteiger partial charge in [0.15, 0.2) is 0 Å². The van der Waals surface area contributed by atoms with Crippen molar-refractivity contribution < 1.29 is 9.59 Å². The zero-order chi connectivity index (χ0) is 13.1. The van der Waals surface area contributed by atoms with E-state index in [-0.39, 0.29) is 17.7 Å². The van der Waals surface area contributed by atoms with Gasteiger partial charge in [0.05, 0.1) is 0 Å². The van der Waals surface area contributed by atoms with E-state index in [0.717, 1.165) is 18.4 Å². The van der Waals surface area contributed by atoms with Gasteiger partial charge in [-0.05, 0) is 42.2 Å². The predicted octanol–water partition coefficient (Wildman–Crippen LogP) is 1.62. The Kier molecular flexibility index (Phi) is 4.01. The van der Waals surface area contributed by atoms with Gasteiger partial charge in [-0.25, -0.2) is 0 Å². The summed E-state index contributed by atoms with van der Waals surface area (Å²) in [6.45, 7) is 2.33. The molecule has 0 aliphatic heterocycles. The molecule has 1 aromatic rings. The van der Waals surface area contributed by atoms with Gasteiger partial charge in [0.25, 0.3) is 0 Å². The topological polar surface area (TPSA) is 49.4 Å². The summed E-state index contributed by atoms with van der Waals surface area (Å²) in [5, 5.41) is 6.79. The molecule has 1 fully saturated rings. The summed E-state index contributed by atoms with van der Waals surface area (Å²) in [6, 6.07) is 1.56. The van der Waals surface area contributed by atoms with Crippen LogP contribution in [0.15, 0.2) is 16.8 Å². The number of rotatable bonds is 5. The molecule has 1 atom stereocenters. The highest BCUT2D eigenvalue weighted by Gasteiger charge is 2.31. The number of carbonyl (C=O) groups excluding carboxylic acids is 2. The molecule has 4 nitrogen and oxygen atoms in total. The minimum absolute atomic E-state index is 0.0137. The molecule has 1 N–H and O–H groups in total. The number of thiophene rings is 1. The highest BCUT2D eigenvalue weighted by molar-refractivity contribution is 7.07. The summed E-state index contributed by atoms with van der Waals surface area (Å²) in [6.07, 6.45) is 1.91. The Morgan fingerprint density at radius 3 is 2.83 bits per heavy atom. The van der Waals surface area contributed by atoms with Crippen LogP contribution in [-0.2, 0) is 16.1 Å². The van der Waals surface area contributed by atoms with Gasteiger partial charge in [0.1, 0.15) is 6.04 Å². The lowest BCUT2D eigenvalue weighted by atomic mass is 10.2. The summed E-state index contributed by atoms with van der Waals surface area (Å²) < 4.78 is 0. The van der Waals surface area contributed by atoms with Crippen LogP contribution in [0.5, 0.6) is 0 Å². The largest absolute Gasteiger partial charge is 0.344 e. The van der Waals surface area contributed by atoms with Crippen molar-refractivity contribution in [3.63, 3.8) is 0 Å². The average Bonchev–Trinajstić information content (AvgIpc) is 3.08. The van der Waals surface area contributed by atoms with Gasteiger partial charge in [0, 0.05) is 19.5 Å². The predicted molar refractivity (Wildman–Crippen MR) is 71.1 cm³/mol. The van der Waals surface area contributed by atoms with Crippen LogP contribution in [0.2, 0.25) is 0 Å². The van der Waals surface area contributed by atoms with E-state index in [1.54, 1.807) is 30.2 Å². The highest BCUT2D eigenvalue weighted by Crippen LogP contribution is 2.28. The minimum atomic E-state index is -0.443. The van der Waals surface area contributed by atoms with Crippen LogP contribution in [0.4, 0.5) is 0 Å². The van der Waals surface area contributed by atoms with Gasteiger partial charge in [-0.15, -0.1) is 0 Å². The quantitative estimate of drug-likeness (QED) is 0.880. The van der Waals surface area contributed by atoms with Gasteiger partial charge in [-0.3, -0.25) is 9.59 Å². The fourth-order valence-electron chi connectivity index (χ4n) is 1.80. The molecule has 1 heterocycles. The summed E-state index contributed by atoms with van der Waals surface area (Å²) in [5.74, 6) is 0.109. The second kappa shape index (κ2) is 5.52. The molecular formula is C13H18N2O2S.